The molecule has 0 aliphatic heterocycles. The van der Waals surface area contributed by atoms with Gasteiger partial charge in [0.1, 0.15) is 0 Å². The highest BCUT2D eigenvalue weighted by molar-refractivity contribution is 5.93. The lowest BCUT2D eigenvalue weighted by Crippen LogP contribution is -2.18. The molecule has 2 aromatic rings. The van der Waals surface area contributed by atoms with Gasteiger partial charge in [-0.05, 0) is 26.0 Å². The predicted octanol–water partition coefficient (Wildman–Crippen LogP) is 3.24. The van der Waals surface area contributed by atoms with Crippen LogP contribution in [0.1, 0.15) is 22.5 Å². The lowest BCUT2D eigenvalue weighted by Gasteiger charge is -2.13. The van der Waals surface area contributed by atoms with Crippen molar-refractivity contribution in [2.24, 2.45) is 7.05 Å². The van der Waals surface area contributed by atoms with Crippen LogP contribution in [0.2, 0.25) is 0 Å². The van der Waals surface area contributed by atoms with Crippen molar-refractivity contribution in [3.63, 3.8) is 0 Å². The third-order valence-corrected chi connectivity index (χ3v) is 3.50. The number of aryl methyl sites for hydroxylation is 2. The van der Waals surface area contributed by atoms with Crippen molar-refractivity contribution in [1.82, 2.24) is 9.78 Å². The molecule has 1 heterocycles. The Balaban J connectivity index is 2.20. The molecule has 0 radical (unpaired) electrons. The van der Waals surface area contributed by atoms with Gasteiger partial charge in [0.15, 0.2) is 0 Å². The van der Waals surface area contributed by atoms with Gasteiger partial charge in [-0.25, -0.2) is 0 Å². The highest BCUT2D eigenvalue weighted by Gasteiger charge is 2.33. The molecule has 0 atom stereocenters. The van der Waals surface area contributed by atoms with E-state index in [1.54, 1.807) is 18.7 Å². The van der Waals surface area contributed by atoms with Crippen molar-refractivity contribution >= 4 is 11.6 Å². The number of anilines is 1. The van der Waals surface area contributed by atoms with Crippen LogP contribution in [0.25, 0.3) is 0 Å². The Hall–Kier alpha value is -2.31. The van der Waals surface area contributed by atoms with Crippen LogP contribution in [-0.2, 0) is 24.4 Å². The van der Waals surface area contributed by atoms with Gasteiger partial charge in [0.2, 0.25) is 5.91 Å². The number of alkyl halides is 3. The lowest BCUT2D eigenvalue weighted by molar-refractivity contribution is -0.137. The van der Waals surface area contributed by atoms with Crippen molar-refractivity contribution in [3.8, 4) is 0 Å². The zero-order chi connectivity index (χ0) is 16.5. The molecule has 4 nitrogen and oxygen atoms in total. The van der Waals surface area contributed by atoms with Crippen molar-refractivity contribution < 1.29 is 18.0 Å². The molecule has 1 aromatic heterocycles. The minimum atomic E-state index is -4.51. The normalized spacial score (nSPS) is 11.5. The second-order valence-electron chi connectivity index (χ2n) is 5.04. The molecule has 7 heteroatoms. The summed E-state index contributed by atoms with van der Waals surface area (Å²) in [6.45, 7) is 3.57. The molecule has 0 aliphatic carbocycles. The first-order chi connectivity index (χ1) is 10.2. The summed E-state index contributed by atoms with van der Waals surface area (Å²) in [4.78, 5) is 12.1. The largest absolute Gasteiger partial charge is 0.418 e. The van der Waals surface area contributed by atoms with Gasteiger partial charge in [0.25, 0.3) is 0 Å². The maximum Gasteiger partial charge on any atom is 0.418 e. The summed E-state index contributed by atoms with van der Waals surface area (Å²) in [5, 5.41) is 6.52. The van der Waals surface area contributed by atoms with Crippen molar-refractivity contribution in [2.45, 2.75) is 26.4 Å². The zero-order valence-corrected chi connectivity index (χ0v) is 12.5. The molecule has 22 heavy (non-hydrogen) atoms. The first-order valence-corrected chi connectivity index (χ1v) is 6.65. The molecule has 1 N–H and O–H groups in total. The number of aromatic nitrogens is 2. The Morgan fingerprint density at radius 3 is 2.45 bits per heavy atom. The standard InChI is InChI=1S/C15H16F3N3O/c1-9-11(10(2)21(3)20-9)8-14(22)19-13-7-5-4-6-12(13)15(16,17)18/h4-7H,8H2,1-3H3,(H,19,22). The monoisotopic (exact) mass is 311 g/mol. The molecule has 0 fully saturated rings. The molecule has 0 saturated carbocycles. The number of benzene rings is 1. The molecule has 0 saturated heterocycles. The average Bonchev–Trinajstić information content (AvgIpc) is 2.65. The fourth-order valence-electron chi connectivity index (χ4n) is 2.27. The number of nitrogens with one attached hydrogen (secondary N) is 1. The van der Waals surface area contributed by atoms with E-state index in [0.29, 0.717) is 5.69 Å². The van der Waals surface area contributed by atoms with Gasteiger partial charge >= 0.3 is 6.18 Å². The Morgan fingerprint density at radius 1 is 1.27 bits per heavy atom. The van der Waals surface area contributed by atoms with Crippen LogP contribution in [0.4, 0.5) is 18.9 Å². The number of carbonyl (C=O) groups excluding carboxylic acids is 1. The number of hydrogen-bond donors (Lipinski definition) is 1. The Labute approximate surface area is 125 Å². The van der Waals surface area contributed by atoms with Gasteiger partial charge in [0.05, 0.1) is 23.4 Å². The summed E-state index contributed by atoms with van der Waals surface area (Å²) in [7, 11) is 1.75. The fourth-order valence-corrected chi connectivity index (χ4v) is 2.27. The van der Waals surface area contributed by atoms with Crippen LogP contribution in [0.3, 0.4) is 0 Å². The summed E-state index contributed by atoms with van der Waals surface area (Å²) < 4.78 is 40.3. The molecule has 0 unspecified atom stereocenters. The lowest BCUT2D eigenvalue weighted by atomic mass is 10.1. The number of hydrogen-bond acceptors (Lipinski definition) is 2. The van der Waals surface area contributed by atoms with Gasteiger partial charge in [0, 0.05) is 18.3 Å². The third-order valence-electron chi connectivity index (χ3n) is 3.50. The number of carbonyl (C=O) groups is 1. The van der Waals surface area contributed by atoms with Gasteiger partial charge in [-0.1, -0.05) is 12.1 Å². The van der Waals surface area contributed by atoms with Crippen molar-refractivity contribution in [2.75, 3.05) is 5.32 Å². The van der Waals surface area contributed by atoms with Crippen molar-refractivity contribution in [3.05, 3.63) is 46.8 Å². The van der Waals surface area contributed by atoms with E-state index in [9.17, 15) is 18.0 Å². The van der Waals surface area contributed by atoms with E-state index in [1.165, 1.54) is 18.2 Å². The van der Waals surface area contributed by atoms with Crippen LogP contribution in [0.15, 0.2) is 24.3 Å². The van der Waals surface area contributed by atoms with Crippen LogP contribution >= 0.6 is 0 Å². The fraction of sp³-hybridized carbons (Fsp3) is 0.333. The van der Waals surface area contributed by atoms with Crippen LogP contribution in [0.5, 0.6) is 0 Å². The smallest absolute Gasteiger partial charge is 0.325 e. The summed E-state index contributed by atoms with van der Waals surface area (Å²) in [5.74, 6) is -0.504. The highest BCUT2D eigenvalue weighted by Crippen LogP contribution is 2.34. The summed E-state index contributed by atoms with van der Waals surface area (Å²) in [5.41, 5.74) is 1.14. The number of amides is 1. The summed E-state index contributed by atoms with van der Waals surface area (Å²) in [6.07, 6.45) is -4.53. The number of para-hydroxylation sites is 1. The van der Waals surface area contributed by atoms with E-state index in [4.69, 9.17) is 0 Å². The SMILES string of the molecule is Cc1nn(C)c(C)c1CC(=O)Nc1ccccc1C(F)(F)F. The Bertz CT molecular complexity index is 705. The minimum Gasteiger partial charge on any atom is -0.325 e. The second kappa shape index (κ2) is 5.82. The second-order valence-corrected chi connectivity index (χ2v) is 5.04. The zero-order valence-electron chi connectivity index (χ0n) is 12.5. The molecule has 118 valence electrons. The first-order valence-electron chi connectivity index (χ1n) is 6.65. The molecular weight excluding hydrogens is 295 g/mol. The molecule has 0 aliphatic rings. The first kappa shape index (κ1) is 16.1. The van der Waals surface area contributed by atoms with E-state index in [2.05, 4.69) is 10.4 Å². The number of nitrogens with zero attached hydrogens (tertiary/aromatic N) is 2. The van der Waals surface area contributed by atoms with E-state index in [1.807, 2.05) is 6.92 Å². The summed E-state index contributed by atoms with van der Waals surface area (Å²) >= 11 is 0. The van der Waals surface area contributed by atoms with Gasteiger partial charge in [-0.15, -0.1) is 0 Å². The average molecular weight is 311 g/mol. The molecule has 2 rings (SSSR count). The molecule has 1 amide bonds. The van der Waals surface area contributed by atoms with Crippen molar-refractivity contribution in [1.29, 1.82) is 0 Å². The van der Waals surface area contributed by atoms with E-state index in [0.717, 1.165) is 17.3 Å². The summed E-state index contributed by atoms with van der Waals surface area (Å²) in [6, 6.07) is 4.92. The maximum atomic E-state index is 12.9. The topological polar surface area (TPSA) is 46.9 Å². The van der Waals surface area contributed by atoms with Gasteiger partial charge in [-0.2, -0.15) is 18.3 Å². The number of rotatable bonds is 3. The Morgan fingerprint density at radius 2 is 1.91 bits per heavy atom. The third kappa shape index (κ3) is 3.29. The molecule has 1 aromatic carbocycles. The highest BCUT2D eigenvalue weighted by atomic mass is 19.4. The van der Waals surface area contributed by atoms with Crippen LogP contribution in [-0.4, -0.2) is 15.7 Å². The quantitative estimate of drug-likeness (QED) is 0.946. The molecular formula is C15H16F3N3O. The molecule has 0 spiro atoms. The number of halogens is 3. The van der Waals surface area contributed by atoms with E-state index < -0.39 is 17.6 Å². The van der Waals surface area contributed by atoms with E-state index >= 15 is 0 Å². The minimum absolute atomic E-state index is 0.0162. The maximum absolute atomic E-state index is 12.9. The van der Waals surface area contributed by atoms with Crippen LogP contribution in [0, 0.1) is 13.8 Å². The Kier molecular flexibility index (Phi) is 4.25. The van der Waals surface area contributed by atoms with Gasteiger partial charge < -0.3 is 5.32 Å². The van der Waals surface area contributed by atoms with Crippen LogP contribution < -0.4 is 5.32 Å². The predicted molar refractivity (Wildman–Crippen MR) is 76.5 cm³/mol. The molecule has 0 bridgehead atoms. The van der Waals surface area contributed by atoms with E-state index in [-0.39, 0.29) is 12.1 Å². The van der Waals surface area contributed by atoms with Gasteiger partial charge in [-0.3, -0.25) is 9.48 Å².